The molecule has 1 saturated heterocycles. The molecule has 0 N–H and O–H groups in total. The average Bonchev–Trinajstić information content (AvgIpc) is 3.47. The topological polar surface area (TPSA) is 32.8 Å². The number of piperidine rings is 1. The summed E-state index contributed by atoms with van der Waals surface area (Å²) in [6.07, 6.45) is 6.21. The molecule has 0 bridgehead atoms. The number of carbonyl (C=O) groups is 1. The van der Waals surface area contributed by atoms with Crippen molar-refractivity contribution in [2.75, 3.05) is 26.2 Å². The normalized spacial score (nSPS) is 17.5. The zero-order chi connectivity index (χ0) is 19.3. The number of aryl methyl sites for hydroxylation is 1. The van der Waals surface area contributed by atoms with Crippen LogP contribution in [0.1, 0.15) is 52.9 Å². The molecule has 28 heavy (non-hydrogen) atoms. The quantitative estimate of drug-likeness (QED) is 0.645. The number of nitrogens with zero attached hydrogens (tertiary/aromatic N) is 2. The van der Waals surface area contributed by atoms with Gasteiger partial charge in [0.1, 0.15) is 12.4 Å². The van der Waals surface area contributed by atoms with Gasteiger partial charge in [0.15, 0.2) is 0 Å². The highest BCUT2D eigenvalue weighted by atomic mass is 32.1. The van der Waals surface area contributed by atoms with Crippen molar-refractivity contribution in [1.82, 2.24) is 9.80 Å². The van der Waals surface area contributed by atoms with Gasteiger partial charge in [-0.05, 0) is 80.4 Å². The van der Waals surface area contributed by atoms with Crippen LogP contribution in [-0.4, -0.2) is 48.0 Å². The highest BCUT2D eigenvalue weighted by molar-refractivity contribution is 7.12. The molecule has 0 spiro atoms. The number of hydrogen-bond acceptors (Lipinski definition) is 4. The molecular formula is C23H30N2O2S. The van der Waals surface area contributed by atoms with Crippen molar-refractivity contribution in [2.45, 2.75) is 51.6 Å². The van der Waals surface area contributed by atoms with Crippen LogP contribution in [0.4, 0.5) is 0 Å². The van der Waals surface area contributed by atoms with Crippen LogP contribution in [0.2, 0.25) is 0 Å². The minimum Gasteiger partial charge on any atom is -0.492 e. The molecule has 1 aromatic heterocycles. The van der Waals surface area contributed by atoms with Crippen LogP contribution in [0.3, 0.4) is 0 Å². The van der Waals surface area contributed by atoms with Gasteiger partial charge >= 0.3 is 0 Å². The molecule has 1 amide bonds. The van der Waals surface area contributed by atoms with E-state index in [-0.39, 0.29) is 5.91 Å². The fourth-order valence-electron chi connectivity index (χ4n) is 3.88. The Morgan fingerprint density at radius 2 is 2.04 bits per heavy atom. The van der Waals surface area contributed by atoms with Crippen molar-refractivity contribution < 1.29 is 9.53 Å². The smallest absolute Gasteiger partial charge is 0.264 e. The summed E-state index contributed by atoms with van der Waals surface area (Å²) in [5.41, 5.74) is 2.22. The van der Waals surface area contributed by atoms with Crippen molar-refractivity contribution >= 4 is 17.2 Å². The molecule has 2 aromatic rings. The van der Waals surface area contributed by atoms with Gasteiger partial charge in [0.2, 0.25) is 0 Å². The lowest BCUT2D eigenvalue weighted by molar-refractivity contribution is 0.0734. The molecule has 4 rings (SSSR count). The molecule has 1 saturated carbocycles. The largest absolute Gasteiger partial charge is 0.492 e. The molecule has 1 aliphatic heterocycles. The van der Waals surface area contributed by atoms with Crippen molar-refractivity contribution in [1.29, 1.82) is 0 Å². The van der Waals surface area contributed by atoms with Crippen LogP contribution in [-0.2, 0) is 6.54 Å². The maximum atomic E-state index is 13.0. The molecule has 2 heterocycles. The molecular weight excluding hydrogens is 368 g/mol. The van der Waals surface area contributed by atoms with Crippen molar-refractivity contribution in [3.05, 3.63) is 51.7 Å². The number of likely N-dealkylation sites (tertiary alicyclic amines) is 1. The first-order valence-electron chi connectivity index (χ1n) is 10.5. The average molecular weight is 399 g/mol. The lowest BCUT2D eigenvalue weighted by Gasteiger charge is -2.26. The SMILES string of the molecule is Cc1ccsc1C(=O)N(Cc1cccc(OCCN2CCCCC2)c1)C1CC1. The van der Waals surface area contributed by atoms with Crippen LogP contribution in [0.15, 0.2) is 35.7 Å². The van der Waals surface area contributed by atoms with Gasteiger partial charge in [-0.3, -0.25) is 9.69 Å². The monoisotopic (exact) mass is 398 g/mol. The molecule has 150 valence electrons. The number of ether oxygens (including phenoxy) is 1. The Morgan fingerprint density at radius 3 is 2.75 bits per heavy atom. The molecule has 2 fully saturated rings. The van der Waals surface area contributed by atoms with E-state index in [4.69, 9.17) is 4.74 Å². The summed E-state index contributed by atoms with van der Waals surface area (Å²) >= 11 is 1.55. The van der Waals surface area contributed by atoms with Gasteiger partial charge < -0.3 is 9.64 Å². The first-order chi connectivity index (χ1) is 13.7. The van der Waals surface area contributed by atoms with Crippen molar-refractivity contribution in [2.24, 2.45) is 0 Å². The Labute approximate surface area is 172 Å². The summed E-state index contributed by atoms with van der Waals surface area (Å²) in [7, 11) is 0. The Bertz CT molecular complexity index is 793. The second kappa shape index (κ2) is 9.10. The van der Waals surface area contributed by atoms with E-state index >= 15 is 0 Å². The fourth-order valence-corrected chi connectivity index (χ4v) is 4.76. The Hall–Kier alpha value is -1.85. The van der Waals surface area contributed by atoms with E-state index in [0.29, 0.717) is 12.6 Å². The van der Waals surface area contributed by atoms with Crippen LogP contribution >= 0.6 is 11.3 Å². The summed E-state index contributed by atoms with van der Waals surface area (Å²) in [6, 6.07) is 10.7. The van der Waals surface area contributed by atoms with Crippen LogP contribution in [0, 0.1) is 6.92 Å². The van der Waals surface area contributed by atoms with Crippen molar-refractivity contribution in [3.63, 3.8) is 0 Å². The summed E-state index contributed by atoms with van der Waals surface area (Å²) in [4.78, 5) is 18.5. The minimum atomic E-state index is 0.173. The summed E-state index contributed by atoms with van der Waals surface area (Å²) in [5, 5.41) is 2.00. The molecule has 1 aliphatic carbocycles. The molecule has 1 aromatic carbocycles. The van der Waals surface area contributed by atoms with Crippen molar-refractivity contribution in [3.8, 4) is 5.75 Å². The second-order valence-electron chi connectivity index (χ2n) is 8.00. The van der Waals surface area contributed by atoms with Crippen LogP contribution in [0.25, 0.3) is 0 Å². The predicted octanol–water partition coefficient (Wildman–Crippen LogP) is 4.73. The molecule has 4 nitrogen and oxygen atoms in total. The number of amides is 1. The van der Waals surface area contributed by atoms with Gasteiger partial charge in [-0.1, -0.05) is 18.6 Å². The maximum Gasteiger partial charge on any atom is 0.264 e. The molecule has 0 atom stereocenters. The van der Waals surface area contributed by atoms with Gasteiger partial charge in [-0.2, -0.15) is 0 Å². The Kier molecular flexibility index (Phi) is 6.33. The summed E-state index contributed by atoms with van der Waals surface area (Å²) in [5.74, 6) is 1.08. The molecule has 0 unspecified atom stereocenters. The lowest BCUT2D eigenvalue weighted by atomic mass is 10.1. The highest BCUT2D eigenvalue weighted by Crippen LogP contribution is 2.32. The van der Waals surface area contributed by atoms with E-state index in [2.05, 4.69) is 17.0 Å². The Balaban J connectivity index is 1.36. The minimum absolute atomic E-state index is 0.173. The maximum absolute atomic E-state index is 13.0. The molecule has 0 radical (unpaired) electrons. The van der Waals surface area contributed by atoms with E-state index < -0.39 is 0 Å². The number of carbonyl (C=O) groups excluding carboxylic acids is 1. The number of hydrogen-bond donors (Lipinski definition) is 0. The molecule has 2 aliphatic rings. The third-order valence-corrected chi connectivity index (χ3v) is 6.69. The number of thiophene rings is 1. The van der Waals surface area contributed by atoms with Gasteiger partial charge in [0.05, 0.1) is 4.88 Å². The zero-order valence-electron chi connectivity index (χ0n) is 16.7. The van der Waals surface area contributed by atoms with Gasteiger partial charge in [0.25, 0.3) is 5.91 Å². The third-order valence-electron chi connectivity index (χ3n) is 5.68. The van der Waals surface area contributed by atoms with E-state index in [1.807, 2.05) is 35.4 Å². The van der Waals surface area contributed by atoms with Crippen LogP contribution < -0.4 is 4.74 Å². The molecule has 5 heteroatoms. The van der Waals surface area contributed by atoms with E-state index in [9.17, 15) is 4.79 Å². The highest BCUT2D eigenvalue weighted by Gasteiger charge is 2.34. The second-order valence-corrected chi connectivity index (χ2v) is 8.91. The Morgan fingerprint density at radius 1 is 1.21 bits per heavy atom. The van der Waals surface area contributed by atoms with Crippen LogP contribution in [0.5, 0.6) is 5.75 Å². The number of rotatable bonds is 8. The standard InChI is InChI=1S/C23H30N2O2S/c1-18-10-15-28-22(18)23(26)25(20-8-9-20)17-19-6-5-7-21(16-19)27-14-13-24-11-3-2-4-12-24/h5-7,10,15-16,20H,2-4,8-9,11-14,17H2,1H3. The van der Waals surface area contributed by atoms with E-state index in [0.717, 1.165) is 47.7 Å². The van der Waals surface area contributed by atoms with Gasteiger partial charge in [0, 0.05) is 19.1 Å². The summed E-state index contributed by atoms with van der Waals surface area (Å²) < 4.78 is 6.02. The first-order valence-corrected chi connectivity index (χ1v) is 11.4. The number of benzene rings is 1. The predicted molar refractivity (Wildman–Crippen MR) is 114 cm³/mol. The van der Waals surface area contributed by atoms with E-state index in [1.54, 1.807) is 11.3 Å². The third kappa shape index (κ3) is 4.95. The fraction of sp³-hybridized carbons (Fsp3) is 0.522. The van der Waals surface area contributed by atoms with Gasteiger partial charge in [-0.15, -0.1) is 11.3 Å². The summed E-state index contributed by atoms with van der Waals surface area (Å²) in [6.45, 7) is 6.79. The first kappa shape index (κ1) is 19.5. The zero-order valence-corrected chi connectivity index (χ0v) is 17.5. The van der Waals surface area contributed by atoms with Gasteiger partial charge in [-0.25, -0.2) is 0 Å². The van der Waals surface area contributed by atoms with E-state index in [1.165, 1.54) is 32.4 Å². The lowest BCUT2D eigenvalue weighted by Crippen LogP contribution is -2.33.